The molecule has 4 heteroatoms. The Morgan fingerprint density at radius 3 is 2.89 bits per heavy atom. The molecule has 1 aliphatic heterocycles. The van der Waals surface area contributed by atoms with Crippen molar-refractivity contribution in [2.75, 3.05) is 32.0 Å². The molecule has 1 aromatic carbocycles. The highest BCUT2D eigenvalue weighted by Crippen LogP contribution is 2.20. The van der Waals surface area contributed by atoms with Crippen LogP contribution in [0.5, 0.6) is 5.75 Å². The van der Waals surface area contributed by atoms with Crippen LogP contribution in [-0.2, 0) is 0 Å². The van der Waals surface area contributed by atoms with Gasteiger partial charge < -0.3 is 15.6 Å². The van der Waals surface area contributed by atoms with Crippen molar-refractivity contribution in [1.29, 1.82) is 0 Å². The number of aliphatic hydroxyl groups excluding tert-OH is 1. The van der Waals surface area contributed by atoms with E-state index in [0.717, 1.165) is 19.5 Å². The van der Waals surface area contributed by atoms with E-state index < -0.39 is 6.10 Å². The molecule has 0 amide bonds. The number of nitrogen functional groups attached to an aromatic ring is 1. The maximum Gasteiger partial charge on any atom is 0.142 e. The van der Waals surface area contributed by atoms with Gasteiger partial charge in [-0.15, -0.1) is 0 Å². The molecule has 1 aromatic rings. The summed E-state index contributed by atoms with van der Waals surface area (Å²) < 4.78 is 5.54. The highest BCUT2D eigenvalue weighted by Gasteiger charge is 2.14. The van der Waals surface area contributed by atoms with E-state index >= 15 is 0 Å². The number of para-hydroxylation sites is 2. The monoisotopic (exact) mass is 262 g/mol. The first-order valence-electron chi connectivity index (χ1n) is 6.68. The molecule has 1 heterocycles. The summed E-state index contributed by atoms with van der Waals surface area (Å²) in [6.45, 7) is 4.97. The summed E-state index contributed by atoms with van der Waals surface area (Å²) in [5.74, 6) is 0.635. The lowest BCUT2D eigenvalue weighted by molar-refractivity contribution is 0.0711. The first-order chi connectivity index (χ1) is 9.15. The van der Waals surface area contributed by atoms with Gasteiger partial charge in [-0.1, -0.05) is 23.8 Å². The number of aliphatic hydroxyl groups is 1. The lowest BCUT2D eigenvalue weighted by Gasteiger charge is -2.27. The lowest BCUT2D eigenvalue weighted by atomic mass is 10.1. The highest BCUT2D eigenvalue weighted by molar-refractivity contribution is 5.51. The van der Waals surface area contributed by atoms with Gasteiger partial charge in [0.1, 0.15) is 18.5 Å². The van der Waals surface area contributed by atoms with Gasteiger partial charge in [0, 0.05) is 19.6 Å². The summed E-state index contributed by atoms with van der Waals surface area (Å²) in [5, 5.41) is 9.99. The predicted molar refractivity (Wildman–Crippen MR) is 77.2 cm³/mol. The molecular weight excluding hydrogens is 240 g/mol. The Kier molecular flexibility index (Phi) is 4.82. The quantitative estimate of drug-likeness (QED) is 0.626. The van der Waals surface area contributed by atoms with Crippen molar-refractivity contribution >= 4 is 5.69 Å². The number of ether oxygens (including phenoxy) is 1. The first kappa shape index (κ1) is 13.9. The van der Waals surface area contributed by atoms with Crippen molar-refractivity contribution in [2.45, 2.75) is 19.4 Å². The maximum atomic E-state index is 9.99. The SMILES string of the molecule is CC1=CCN(CC(O)COc2ccccc2N)CC1. The van der Waals surface area contributed by atoms with E-state index in [4.69, 9.17) is 10.5 Å². The van der Waals surface area contributed by atoms with Crippen LogP contribution in [0.1, 0.15) is 13.3 Å². The van der Waals surface area contributed by atoms with Crippen molar-refractivity contribution in [3.05, 3.63) is 35.9 Å². The van der Waals surface area contributed by atoms with Crippen molar-refractivity contribution < 1.29 is 9.84 Å². The van der Waals surface area contributed by atoms with E-state index in [1.54, 1.807) is 6.07 Å². The van der Waals surface area contributed by atoms with Gasteiger partial charge in [0.05, 0.1) is 5.69 Å². The van der Waals surface area contributed by atoms with Crippen LogP contribution in [0.4, 0.5) is 5.69 Å². The molecule has 0 saturated heterocycles. The zero-order valence-electron chi connectivity index (χ0n) is 11.4. The zero-order valence-corrected chi connectivity index (χ0v) is 11.4. The van der Waals surface area contributed by atoms with Crippen LogP contribution >= 0.6 is 0 Å². The standard InChI is InChI=1S/C15H22N2O2/c1-12-6-8-17(9-7-12)10-13(18)11-19-15-5-3-2-4-14(15)16/h2-6,13,18H,7-11,16H2,1H3. The summed E-state index contributed by atoms with van der Waals surface area (Å²) in [4.78, 5) is 2.23. The van der Waals surface area contributed by atoms with Crippen LogP contribution in [0.15, 0.2) is 35.9 Å². The lowest BCUT2D eigenvalue weighted by Crippen LogP contribution is -2.38. The molecule has 2 rings (SSSR count). The Morgan fingerprint density at radius 1 is 1.42 bits per heavy atom. The first-order valence-corrected chi connectivity index (χ1v) is 6.68. The van der Waals surface area contributed by atoms with Crippen molar-refractivity contribution in [2.24, 2.45) is 0 Å². The third-order valence-corrected chi connectivity index (χ3v) is 3.34. The van der Waals surface area contributed by atoms with Gasteiger partial charge in [-0.05, 0) is 25.5 Å². The van der Waals surface area contributed by atoms with E-state index in [9.17, 15) is 5.11 Å². The molecule has 0 bridgehead atoms. The summed E-state index contributed by atoms with van der Waals surface area (Å²) in [6.07, 6.45) is 2.80. The third kappa shape index (κ3) is 4.26. The number of β-amino-alcohol motifs (C(OH)–C–C–N with tert-alkyl or cyclic N) is 1. The normalized spacial score (nSPS) is 17.9. The second-order valence-electron chi connectivity index (χ2n) is 5.06. The van der Waals surface area contributed by atoms with Crippen LogP contribution in [0.3, 0.4) is 0 Å². The molecule has 4 nitrogen and oxygen atoms in total. The summed E-state index contributed by atoms with van der Waals surface area (Å²) >= 11 is 0. The minimum atomic E-state index is -0.494. The summed E-state index contributed by atoms with van der Waals surface area (Å²) in [6, 6.07) is 7.34. The number of hydrogen-bond acceptors (Lipinski definition) is 4. The van der Waals surface area contributed by atoms with Crippen LogP contribution in [0, 0.1) is 0 Å². The molecule has 19 heavy (non-hydrogen) atoms. The van der Waals surface area contributed by atoms with Crippen molar-refractivity contribution in [1.82, 2.24) is 4.90 Å². The van der Waals surface area contributed by atoms with Crippen LogP contribution in [-0.4, -0.2) is 42.4 Å². The third-order valence-electron chi connectivity index (χ3n) is 3.34. The summed E-state index contributed by atoms with van der Waals surface area (Å²) in [5.41, 5.74) is 7.81. The Labute approximate surface area is 114 Å². The topological polar surface area (TPSA) is 58.7 Å². The molecule has 0 aromatic heterocycles. The molecule has 1 atom stereocenters. The molecule has 0 fully saturated rings. The molecule has 0 spiro atoms. The fraction of sp³-hybridized carbons (Fsp3) is 0.467. The number of benzene rings is 1. The Balaban J connectivity index is 1.76. The molecule has 3 N–H and O–H groups in total. The van der Waals surface area contributed by atoms with Gasteiger partial charge in [0.2, 0.25) is 0 Å². The van der Waals surface area contributed by atoms with Gasteiger partial charge in [-0.3, -0.25) is 4.90 Å². The average Bonchev–Trinajstić information content (AvgIpc) is 2.40. The molecule has 104 valence electrons. The predicted octanol–water partition coefficient (Wildman–Crippen LogP) is 1.66. The molecular formula is C15H22N2O2. The van der Waals surface area contributed by atoms with Gasteiger partial charge in [0.15, 0.2) is 0 Å². The molecule has 1 unspecified atom stereocenters. The Morgan fingerprint density at radius 2 is 2.21 bits per heavy atom. The Hall–Kier alpha value is -1.52. The maximum absolute atomic E-state index is 9.99. The van der Waals surface area contributed by atoms with Gasteiger partial charge >= 0.3 is 0 Å². The van der Waals surface area contributed by atoms with E-state index in [1.807, 2.05) is 18.2 Å². The van der Waals surface area contributed by atoms with Crippen LogP contribution in [0.2, 0.25) is 0 Å². The number of hydrogen-bond donors (Lipinski definition) is 2. The van der Waals surface area contributed by atoms with E-state index in [-0.39, 0.29) is 6.61 Å². The molecule has 0 radical (unpaired) electrons. The average molecular weight is 262 g/mol. The van der Waals surface area contributed by atoms with Crippen LogP contribution < -0.4 is 10.5 Å². The van der Waals surface area contributed by atoms with Gasteiger partial charge in [-0.25, -0.2) is 0 Å². The van der Waals surface area contributed by atoms with E-state index in [1.165, 1.54) is 5.57 Å². The van der Waals surface area contributed by atoms with Crippen LogP contribution in [0.25, 0.3) is 0 Å². The number of nitrogens with zero attached hydrogens (tertiary/aromatic N) is 1. The van der Waals surface area contributed by atoms with Crippen molar-refractivity contribution in [3.8, 4) is 5.75 Å². The fourth-order valence-corrected chi connectivity index (χ4v) is 2.13. The molecule has 0 aliphatic carbocycles. The highest BCUT2D eigenvalue weighted by atomic mass is 16.5. The Bertz CT molecular complexity index is 446. The number of nitrogens with two attached hydrogens (primary N) is 1. The van der Waals surface area contributed by atoms with Gasteiger partial charge in [-0.2, -0.15) is 0 Å². The fourth-order valence-electron chi connectivity index (χ4n) is 2.13. The number of rotatable bonds is 5. The minimum Gasteiger partial charge on any atom is -0.489 e. The van der Waals surface area contributed by atoms with E-state index in [0.29, 0.717) is 18.0 Å². The largest absolute Gasteiger partial charge is 0.489 e. The second-order valence-corrected chi connectivity index (χ2v) is 5.06. The van der Waals surface area contributed by atoms with E-state index in [2.05, 4.69) is 17.9 Å². The van der Waals surface area contributed by atoms with Gasteiger partial charge in [0.25, 0.3) is 0 Å². The zero-order chi connectivity index (χ0) is 13.7. The summed E-state index contributed by atoms with van der Waals surface area (Å²) in [7, 11) is 0. The molecule has 1 aliphatic rings. The smallest absolute Gasteiger partial charge is 0.142 e. The minimum absolute atomic E-state index is 0.271. The molecule has 0 saturated carbocycles. The second kappa shape index (κ2) is 6.59. The van der Waals surface area contributed by atoms with Crippen molar-refractivity contribution in [3.63, 3.8) is 0 Å². The number of anilines is 1.